The minimum Gasteiger partial charge on any atom is -0.245 e. The van der Waals surface area contributed by atoms with Crippen LogP contribution < -0.4 is 0 Å². The molecule has 1 aromatic heterocycles. The molecule has 1 nitrogen and oxygen atoms in total. The molecule has 13 heavy (non-hydrogen) atoms. The smallest absolute Gasteiger partial charge is 0.123 e. The quantitative estimate of drug-likeness (QED) is 0.703. The van der Waals surface area contributed by atoms with E-state index in [1.165, 1.54) is 11.1 Å². The Labute approximate surface area is 87.9 Å². The van der Waals surface area contributed by atoms with Crippen molar-refractivity contribution in [1.82, 2.24) is 4.98 Å². The molecule has 0 fully saturated rings. The summed E-state index contributed by atoms with van der Waals surface area (Å²) in [6.45, 7) is 2.11. The first kappa shape index (κ1) is 10.2. The van der Waals surface area contributed by atoms with Crippen molar-refractivity contribution in [1.29, 1.82) is 0 Å². The molecule has 0 aliphatic carbocycles. The molecule has 0 atom stereocenters. The number of benzene rings is 1. The van der Waals surface area contributed by atoms with Crippen LogP contribution in [0.3, 0.4) is 0 Å². The highest BCUT2D eigenvalue weighted by Crippen LogP contribution is 2.24. The molecule has 0 amide bonds. The Kier molecular flexibility index (Phi) is 3.46. The van der Waals surface area contributed by atoms with E-state index in [2.05, 4.69) is 24.0 Å². The Hall–Kier alpha value is -0.860. The average Bonchev–Trinajstić information content (AvgIpc) is 2.57. The van der Waals surface area contributed by atoms with Gasteiger partial charge in [-0.25, -0.2) is 4.98 Å². The molecule has 1 heterocycles. The van der Waals surface area contributed by atoms with Crippen molar-refractivity contribution >= 4 is 23.7 Å². The van der Waals surface area contributed by atoms with Crippen molar-refractivity contribution in [2.45, 2.75) is 6.92 Å². The lowest BCUT2D eigenvalue weighted by Crippen LogP contribution is -1.79. The predicted molar refractivity (Wildman–Crippen MR) is 59.5 cm³/mol. The second-order valence-electron chi connectivity index (χ2n) is 2.65. The molecule has 0 radical (unpaired) electrons. The minimum atomic E-state index is 0. The summed E-state index contributed by atoms with van der Waals surface area (Å²) >= 11 is 1.68. The fourth-order valence-electron chi connectivity index (χ4n) is 1.17. The van der Waals surface area contributed by atoms with Gasteiger partial charge in [-0.05, 0) is 12.5 Å². The lowest BCUT2D eigenvalue weighted by Gasteiger charge is -1.99. The summed E-state index contributed by atoms with van der Waals surface area (Å²) in [6, 6.07) is 8.31. The van der Waals surface area contributed by atoms with E-state index in [0.29, 0.717) is 0 Å². The van der Waals surface area contributed by atoms with Gasteiger partial charge >= 0.3 is 0 Å². The van der Waals surface area contributed by atoms with Crippen molar-refractivity contribution in [2.24, 2.45) is 0 Å². The molecule has 0 aliphatic rings. The molecule has 0 saturated heterocycles. The standard InChI is InChI=1S/C10H9NS.ClH/c1-8-4-2-3-5-9(8)10-11-6-7-12-10;/h2-7H,1H3;1H. The van der Waals surface area contributed by atoms with E-state index in [1.54, 1.807) is 11.3 Å². The number of hydrogen-bond donors (Lipinski definition) is 0. The van der Waals surface area contributed by atoms with Gasteiger partial charge in [0.05, 0.1) is 0 Å². The van der Waals surface area contributed by atoms with Gasteiger partial charge in [-0.3, -0.25) is 0 Å². The zero-order valence-corrected chi connectivity index (χ0v) is 8.86. The maximum absolute atomic E-state index is 4.27. The van der Waals surface area contributed by atoms with Gasteiger partial charge < -0.3 is 0 Å². The third kappa shape index (κ3) is 2.08. The Balaban J connectivity index is 0.000000845. The molecule has 0 N–H and O–H groups in total. The Morgan fingerprint density at radius 3 is 2.62 bits per heavy atom. The fourth-order valence-corrected chi connectivity index (χ4v) is 1.90. The predicted octanol–water partition coefficient (Wildman–Crippen LogP) is 3.54. The zero-order chi connectivity index (χ0) is 8.39. The number of nitrogens with zero attached hydrogens (tertiary/aromatic N) is 1. The van der Waals surface area contributed by atoms with E-state index in [1.807, 2.05) is 23.7 Å². The molecule has 0 saturated carbocycles. The van der Waals surface area contributed by atoms with Gasteiger partial charge in [0.25, 0.3) is 0 Å². The van der Waals surface area contributed by atoms with Gasteiger partial charge in [0, 0.05) is 17.1 Å². The van der Waals surface area contributed by atoms with E-state index < -0.39 is 0 Å². The van der Waals surface area contributed by atoms with Gasteiger partial charge in [-0.2, -0.15) is 0 Å². The minimum absolute atomic E-state index is 0. The highest BCUT2D eigenvalue weighted by atomic mass is 35.5. The molecule has 0 bridgehead atoms. The van der Waals surface area contributed by atoms with Crippen LogP contribution >= 0.6 is 23.7 Å². The van der Waals surface area contributed by atoms with Crippen molar-refractivity contribution in [3.8, 4) is 10.6 Å². The van der Waals surface area contributed by atoms with Gasteiger partial charge in [-0.1, -0.05) is 24.3 Å². The van der Waals surface area contributed by atoms with Gasteiger partial charge in [-0.15, -0.1) is 23.7 Å². The summed E-state index contributed by atoms with van der Waals surface area (Å²) in [4.78, 5) is 4.27. The van der Waals surface area contributed by atoms with Crippen molar-refractivity contribution in [3.05, 3.63) is 41.4 Å². The van der Waals surface area contributed by atoms with Crippen molar-refractivity contribution in [2.75, 3.05) is 0 Å². The van der Waals surface area contributed by atoms with Crippen LogP contribution in [0.2, 0.25) is 0 Å². The van der Waals surface area contributed by atoms with E-state index >= 15 is 0 Å². The Morgan fingerprint density at radius 2 is 2.00 bits per heavy atom. The summed E-state index contributed by atoms with van der Waals surface area (Å²) < 4.78 is 0. The molecule has 2 rings (SSSR count). The van der Waals surface area contributed by atoms with E-state index in [-0.39, 0.29) is 12.4 Å². The van der Waals surface area contributed by atoms with Crippen LogP contribution in [-0.4, -0.2) is 4.98 Å². The number of hydrogen-bond acceptors (Lipinski definition) is 2. The monoisotopic (exact) mass is 211 g/mol. The first-order valence-corrected chi connectivity index (χ1v) is 4.71. The van der Waals surface area contributed by atoms with E-state index in [4.69, 9.17) is 0 Å². The molecule has 68 valence electrons. The second kappa shape index (κ2) is 4.40. The van der Waals surface area contributed by atoms with E-state index in [0.717, 1.165) is 5.01 Å². The van der Waals surface area contributed by atoms with Gasteiger partial charge in [0.1, 0.15) is 5.01 Å². The molecule has 3 heteroatoms. The molecule has 2 aromatic rings. The number of aryl methyl sites for hydroxylation is 1. The molecule has 0 spiro atoms. The molecule has 0 unspecified atom stereocenters. The zero-order valence-electron chi connectivity index (χ0n) is 7.23. The van der Waals surface area contributed by atoms with Crippen LogP contribution in [0.25, 0.3) is 10.6 Å². The van der Waals surface area contributed by atoms with Crippen LogP contribution in [0.5, 0.6) is 0 Å². The summed E-state index contributed by atoms with van der Waals surface area (Å²) in [5.74, 6) is 0. The van der Waals surface area contributed by atoms with E-state index in [9.17, 15) is 0 Å². The molecular formula is C10H10ClNS. The van der Waals surface area contributed by atoms with Gasteiger partial charge in [0.2, 0.25) is 0 Å². The lowest BCUT2D eigenvalue weighted by molar-refractivity contribution is 1.38. The highest BCUT2D eigenvalue weighted by Gasteiger charge is 2.01. The lowest BCUT2D eigenvalue weighted by atomic mass is 10.1. The van der Waals surface area contributed by atoms with Crippen LogP contribution in [0.4, 0.5) is 0 Å². The summed E-state index contributed by atoms with van der Waals surface area (Å²) in [7, 11) is 0. The van der Waals surface area contributed by atoms with Gasteiger partial charge in [0.15, 0.2) is 0 Å². The summed E-state index contributed by atoms with van der Waals surface area (Å²) in [5.41, 5.74) is 2.53. The Bertz CT molecular complexity index is 370. The van der Waals surface area contributed by atoms with Crippen LogP contribution in [-0.2, 0) is 0 Å². The van der Waals surface area contributed by atoms with Crippen molar-refractivity contribution < 1.29 is 0 Å². The SMILES string of the molecule is Cc1ccccc1-c1nccs1.Cl. The number of rotatable bonds is 1. The number of thiazole rings is 1. The average molecular weight is 212 g/mol. The molecule has 0 aliphatic heterocycles. The normalized spacial score (nSPS) is 9.31. The first-order valence-electron chi connectivity index (χ1n) is 3.83. The number of aromatic nitrogens is 1. The van der Waals surface area contributed by atoms with Crippen LogP contribution in [0, 0.1) is 6.92 Å². The van der Waals surface area contributed by atoms with Crippen molar-refractivity contribution in [3.63, 3.8) is 0 Å². The van der Waals surface area contributed by atoms with Crippen LogP contribution in [0.15, 0.2) is 35.8 Å². The topological polar surface area (TPSA) is 12.9 Å². The molecular weight excluding hydrogens is 202 g/mol. The maximum atomic E-state index is 4.27. The summed E-state index contributed by atoms with van der Waals surface area (Å²) in [6.07, 6.45) is 1.84. The maximum Gasteiger partial charge on any atom is 0.123 e. The fraction of sp³-hybridized carbons (Fsp3) is 0.100. The highest BCUT2D eigenvalue weighted by molar-refractivity contribution is 7.13. The third-order valence-electron chi connectivity index (χ3n) is 1.81. The van der Waals surface area contributed by atoms with Crippen LogP contribution in [0.1, 0.15) is 5.56 Å². The second-order valence-corrected chi connectivity index (χ2v) is 3.55. The first-order chi connectivity index (χ1) is 5.88. The summed E-state index contributed by atoms with van der Waals surface area (Å²) in [5, 5.41) is 3.11. The third-order valence-corrected chi connectivity index (χ3v) is 2.61. The molecule has 1 aromatic carbocycles. The Morgan fingerprint density at radius 1 is 1.23 bits per heavy atom. The number of halogens is 1. The largest absolute Gasteiger partial charge is 0.245 e.